The number of benzene rings is 2. The minimum atomic E-state index is 0.168. The van der Waals surface area contributed by atoms with Crippen molar-refractivity contribution >= 4 is 23.0 Å². The van der Waals surface area contributed by atoms with Crippen LogP contribution in [0.2, 0.25) is 0 Å². The van der Waals surface area contributed by atoms with E-state index in [2.05, 4.69) is 92.0 Å². The highest BCUT2D eigenvalue weighted by Crippen LogP contribution is 2.29. The lowest BCUT2D eigenvalue weighted by Gasteiger charge is -2.19. The van der Waals surface area contributed by atoms with Crippen molar-refractivity contribution in [3.63, 3.8) is 0 Å². The van der Waals surface area contributed by atoms with Crippen LogP contribution in [0.3, 0.4) is 0 Å². The second-order valence-corrected chi connectivity index (χ2v) is 10.3. The third kappa shape index (κ3) is 5.16. The molecular weight excluding hydrogens is 400 g/mol. The zero-order valence-corrected chi connectivity index (χ0v) is 20.0. The lowest BCUT2D eigenvalue weighted by molar-refractivity contribution is 0.590. The number of hydrogen-bond donors (Lipinski definition) is 2. The van der Waals surface area contributed by atoms with E-state index in [9.17, 15) is 0 Å². The minimum Gasteiger partial charge on any atom is -0.356 e. The molecule has 4 rings (SSSR count). The van der Waals surface area contributed by atoms with E-state index in [1.54, 1.807) is 11.3 Å². The molecule has 1 aromatic heterocycles. The predicted molar refractivity (Wildman–Crippen MR) is 134 cm³/mol. The van der Waals surface area contributed by atoms with Gasteiger partial charge in [-0.25, -0.2) is 4.98 Å². The van der Waals surface area contributed by atoms with Gasteiger partial charge in [0.2, 0.25) is 0 Å². The summed E-state index contributed by atoms with van der Waals surface area (Å²) in [6.07, 6.45) is 1.95. The normalized spacial score (nSPS) is 14.2. The second kappa shape index (κ2) is 8.83. The maximum Gasteiger partial charge on any atom is 0.195 e. The summed E-state index contributed by atoms with van der Waals surface area (Å²) in [4.78, 5) is 9.45. The van der Waals surface area contributed by atoms with Gasteiger partial charge >= 0.3 is 0 Å². The standard InChI is InChI=1S/C26H32N4S/c1-17-14-22(30-25-27-11-6-12-28-25)18(2)13-20(17)15-24-29-23(16-31-24)19-7-9-21(10-8-19)26(3,4)5/h7-10,13-14,16H,6,11-12,15H2,1-5H3,(H2,27,28,30). The van der Waals surface area contributed by atoms with Crippen molar-refractivity contribution in [1.29, 1.82) is 0 Å². The number of guanidine groups is 1. The molecule has 2 aromatic carbocycles. The first kappa shape index (κ1) is 21.6. The van der Waals surface area contributed by atoms with Crippen LogP contribution in [0.25, 0.3) is 11.3 Å². The molecule has 162 valence electrons. The Labute approximate surface area is 189 Å². The summed E-state index contributed by atoms with van der Waals surface area (Å²) >= 11 is 1.74. The molecule has 0 saturated heterocycles. The van der Waals surface area contributed by atoms with Crippen LogP contribution in [0.15, 0.2) is 46.8 Å². The number of aliphatic imine (C=N–C) groups is 1. The molecule has 0 bridgehead atoms. The predicted octanol–water partition coefficient (Wildman–Crippen LogP) is 6.08. The monoisotopic (exact) mass is 432 g/mol. The molecule has 31 heavy (non-hydrogen) atoms. The van der Waals surface area contributed by atoms with Gasteiger partial charge in [0.1, 0.15) is 0 Å². The van der Waals surface area contributed by atoms with Gasteiger partial charge in [-0.2, -0.15) is 0 Å². The highest BCUT2D eigenvalue weighted by molar-refractivity contribution is 7.10. The first-order valence-electron chi connectivity index (χ1n) is 11.0. The van der Waals surface area contributed by atoms with Crippen LogP contribution >= 0.6 is 11.3 Å². The Hall–Kier alpha value is -2.66. The van der Waals surface area contributed by atoms with E-state index in [0.29, 0.717) is 0 Å². The van der Waals surface area contributed by atoms with Gasteiger partial charge in [0.15, 0.2) is 5.96 Å². The van der Waals surface area contributed by atoms with Gasteiger partial charge < -0.3 is 10.6 Å². The van der Waals surface area contributed by atoms with Crippen LogP contribution in [-0.4, -0.2) is 24.0 Å². The number of nitrogens with zero attached hydrogens (tertiary/aromatic N) is 2. The lowest BCUT2D eigenvalue weighted by atomic mass is 9.86. The SMILES string of the molecule is Cc1cc(NC2=NCCCN2)c(C)cc1Cc1nc(-c2ccc(C(C)(C)C)cc2)cs1. The summed E-state index contributed by atoms with van der Waals surface area (Å²) in [5, 5.41) is 10.1. The molecule has 0 atom stereocenters. The molecule has 0 fully saturated rings. The number of hydrogen-bond acceptors (Lipinski definition) is 5. The Balaban J connectivity index is 1.49. The Morgan fingerprint density at radius 1 is 1.06 bits per heavy atom. The van der Waals surface area contributed by atoms with Crippen molar-refractivity contribution in [2.75, 3.05) is 18.4 Å². The van der Waals surface area contributed by atoms with Crippen LogP contribution in [0.5, 0.6) is 0 Å². The molecule has 1 aliphatic heterocycles. The topological polar surface area (TPSA) is 49.3 Å². The van der Waals surface area contributed by atoms with Gasteiger partial charge in [0.05, 0.1) is 10.7 Å². The van der Waals surface area contributed by atoms with E-state index >= 15 is 0 Å². The van der Waals surface area contributed by atoms with Gasteiger partial charge in [0, 0.05) is 36.1 Å². The molecule has 0 saturated carbocycles. The van der Waals surface area contributed by atoms with Crippen LogP contribution in [-0.2, 0) is 11.8 Å². The molecule has 2 N–H and O–H groups in total. The second-order valence-electron chi connectivity index (χ2n) is 9.36. The van der Waals surface area contributed by atoms with Crippen molar-refractivity contribution in [2.24, 2.45) is 4.99 Å². The summed E-state index contributed by atoms with van der Waals surface area (Å²) in [7, 11) is 0. The van der Waals surface area contributed by atoms with Gasteiger partial charge in [-0.1, -0.05) is 51.1 Å². The molecule has 0 unspecified atom stereocenters. The highest BCUT2D eigenvalue weighted by Gasteiger charge is 2.14. The van der Waals surface area contributed by atoms with Crippen LogP contribution in [0, 0.1) is 13.8 Å². The fraction of sp³-hybridized carbons (Fsp3) is 0.385. The Morgan fingerprint density at radius 3 is 2.52 bits per heavy atom. The van der Waals surface area contributed by atoms with E-state index in [0.717, 1.165) is 48.3 Å². The van der Waals surface area contributed by atoms with Gasteiger partial charge in [0.25, 0.3) is 0 Å². The van der Waals surface area contributed by atoms with Crippen molar-refractivity contribution in [3.8, 4) is 11.3 Å². The van der Waals surface area contributed by atoms with Gasteiger partial charge in [-0.05, 0) is 54.0 Å². The molecule has 2 heterocycles. The minimum absolute atomic E-state index is 0.168. The number of anilines is 1. The first-order valence-corrected chi connectivity index (χ1v) is 11.9. The van der Waals surface area contributed by atoms with E-state index in [1.165, 1.54) is 27.8 Å². The maximum absolute atomic E-state index is 4.93. The molecule has 3 aromatic rings. The third-order valence-electron chi connectivity index (χ3n) is 5.77. The molecule has 4 nitrogen and oxygen atoms in total. The highest BCUT2D eigenvalue weighted by atomic mass is 32.1. The fourth-order valence-corrected chi connectivity index (χ4v) is 4.60. The molecule has 0 amide bonds. The third-order valence-corrected chi connectivity index (χ3v) is 6.62. The fourth-order valence-electron chi connectivity index (χ4n) is 3.77. The maximum atomic E-state index is 4.93. The summed E-state index contributed by atoms with van der Waals surface area (Å²) in [6.45, 7) is 12.9. The van der Waals surface area contributed by atoms with Crippen molar-refractivity contribution in [3.05, 3.63) is 69.0 Å². The largest absolute Gasteiger partial charge is 0.356 e. The van der Waals surface area contributed by atoms with Crippen LogP contribution < -0.4 is 10.6 Å². The van der Waals surface area contributed by atoms with Gasteiger partial charge in [-0.3, -0.25) is 4.99 Å². The van der Waals surface area contributed by atoms with Gasteiger partial charge in [-0.15, -0.1) is 11.3 Å². The molecule has 0 radical (unpaired) electrons. The lowest BCUT2D eigenvalue weighted by Crippen LogP contribution is -2.35. The first-order chi connectivity index (χ1) is 14.8. The average Bonchev–Trinajstić information content (AvgIpc) is 3.20. The summed E-state index contributed by atoms with van der Waals surface area (Å²) in [6, 6.07) is 13.3. The Bertz CT molecular complexity index is 1090. The molecule has 0 spiro atoms. The summed E-state index contributed by atoms with van der Waals surface area (Å²) in [5.74, 6) is 0.878. The number of aryl methyl sites for hydroxylation is 2. The van der Waals surface area contributed by atoms with Crippen LogP contribution in [0.4, 0.5) is 5.69 Å². The quantitative estimate of drug-likeness (QED) is 0.525. The van der Waals surface area contributed by atoms with E-state index in [-0.39, 0.29) is 5.41 Å². The molecule has 1 aliphatic rings. The molecule has 0 aliphatic carbocycles. The number of rotatable bonds is 4. The summed E-state index contributed by atoms with van der Waals surface area (Å²) in [5.41, 5.74) is 8.71. The van der Waals surface area contributed by atoms with E-state index < -0.39 is 0 Å². The molecular formula is C26H32N4S. The number of thiazole rings is 1. The van der Waals surface area contributed by atoms with E-state index in [4.69, 9.17) is 4.98 Å². The number of nitrogens with one attached hydrogen (secondary N) is 2. The van der Waals surface area contributed by atoms with Crippen molar-refractivity contribution in [2.45, 2.75) is 52.9 Å². The van der Waals surface area contributed by atoms with Crippen molar-refractivity contribution < 1.29 is 0 Å². The average molecular weight is 433 g/mol. The van der Waals surface area contributed by atoms with Crippen molar-refractivity contribution in [1.82, 2.24) is 10.3 Å². The van der Waals surface area contributed by atoms with Crippen LogP contribution in [0.1, 0.15) is 54.5 Å². The Morgan fingerprint density at radius 2 is 1.84 bits per heavy atom. The zero-order valence-electron chi connectivity index (χ0n) is 19.2. The summed E-state index contributed by atoms with van der Waals surface area (Å²) < 4.78 is 0. The smallest absolute Gasteiger partial charge is 0.195 e. The Kier molecular flexibility index (Phi) is 6.15. The number of aromatic nitrogens is 1. The molecule has 5 heteroatoms. The van der Waals surface area contributed by atoms with E-state index in [1.807, 2.05) is 0 Å². The zero-order chi connectivity index (χ0) is 22.0.